The van der Waals surface area contributed by atoms with Crippen LogP contribution in [0.15, 0.2) is 36.4 Å². The first-order valence-corrected chi connectivity index (χ1v) is 21.4. The Kier molecular flexibility index (Phi) is 20.0. The summed E-state index contributed by atoms with van der Waals surface area (Å²) < 4.78 is 0. The van der Waals surface area contributed by atoms with E-state index >= 15 is 0 Å². The van der Waals surface area contributed by atoms with Crippen LogP contribution in [0.5, 0.6) is 17.2 Å². The van der Waals surface area contributed by atoms with Crippen molar-refractivity contribution in [1.82, 2.24) is 30.7 Å². The Morgan fingerprint density at radius 2 is 0.667 bits per heavy atom. The van der Waals surface area contributed by atoms with E-state index in [4.69, 9.17) is 0 Å². The molecule has 1 saturated heterocycles. The molecule has 1 heterocycles. The molecule has 1 fully saturated rings. The molecule has 0 aliphatic carbocycles. The van der Waals surface area contributed by atoms with E-state index in [-0.39, 0.29) is 53.6 Å². The predicted octanol–water partition coefficient (Wildman–Crippen LogP) is -0.0320. The molecule has 1 aliphatic heterocycles. The number of aliphatic hydroxyl groups excluding tert-OH is 6. The lowest BCUT2D eigenvalue weighted by Crippen LogP contribution is -2.40. The second kappa shape index (κ2) is 24.8. The molecule has 0 spiro atoms. The SMILES string of the molecule is Cc1cc(CN2CCCN(Cc3cc(C)cc(C(=O)NC(CO)CO)c3O)CCCN(Cc3cc(C)cc(C(=O)NC(CO)CO)c3O)CCC2)c(O)c(C(=O)NC(CO)CO)c1. The summed E-state index contributed by atoms with van der Waals surface area (Å²) in [5.74, 6) is -2.52. The van der Waals surface area contributed by atoms with Crippen LogP contribution in [0.1, 0.15) is 83.7 Å². The van der Waals surface area contributed by atoms with E-state index in [1.54, 1.807) is 18.2 Å². The first-order valence-electron chi connectivity index (χ1n) is 21.4. The van der Waals surface area contributed by atoms with Gasteiger partial charge in [-0.3, -0.25) is 29.1 Å². The van der Waals surface area contributed by atoms with Crippen molar-refractivity contribution >= 4 is 17.7 Å². The number of aromatic hydroxyl groups is 3. The summed E-state index contributed by atoms with van der Waals surface area (Å²) in [7, 11) is 0. The van der Waals surface area contributed by atoms with Crippen molar-refractivity contribution in [2.75, 3.05) is 78.9 Å². The van der Waals surface area contributed by atoms with Gasteiger partial charge in [-0.05, 0) is 114 Å². The molecule has 0 aromatic heterocycles. The average molecular weight is 883 g/mol. The molecule has 348 valence electrons. The molecule has 0 bridgehead atoms. The molecule has 1 aliphatic rings. The number of carbonyl (C=O) groups is 3. The zero-order valence-electron chi connectivity index (χ0n) is 36.5. The Labute approximate surface area is 368 Å². The topological polar surface area (TPSA) is 279 Å². The van der Waals surface area contributed by atoms with Crippen LogP contribution in [0.4, 0.5) is 0 Å². The van der Waals surface area contributed by atoms with Crippen LogP contribution in [0.3, 0.4) is 0 Å². The maximum absolute atomic E-state index is 13.1. The maximum atomic E-state index is 13.1. The molecule has 3 aromatic rings. The fourth-order valence-corrected chi connectivity index (χ4v) is 7.77. The Bertz CT molecular complexity index is 1750. The highest BCUT2D eigenvalue weighted by Crippen LogP contribution is 2.30. The van der Waals surface area contributed by atoms with Gasteiger partial charge in [0.25, 0.3) is 17.7 Å². The van der Waals surface area contributed by atoms with E-state index < -0.39 is 75.5 Å². The van der Waals surface area contributed by atoms with Crippen LogP contribution in [0, 0.1) is 20.8 Å². The third-order valence-corrected chi connectivity index (χ3v) is 11.1. The second-order valence-corrected chi connectivity index (χ2v) is 16.5. The van der Waals surface area contributed by atoms with Gasteiger partial charge in [0.2, 0.25) is 0 Å². The first kappa shape index (κ1) is 50.8. The Morgan fingerprint density at radius 3 is 0.873 bits per heavy atom. The van der Waals surface area contributed by atoms with Gasteiger partial charge < -0.3 is 61.9 Å². The van der Waals surface area contributed by atoms with Crippen LogP contribution in [-0.4, -0.2) is 175 Å². The molecule has 0 unspecified atom stereocenters. The summed E-state index contributed by atoms with van der Waals surface area (Å²) in [5, 5.41) is 98.9. The van der Waals surface area contributed by atoms with Gasteiger partial charge in [-0.2, -0.15) is 0 Å². The fourth-order valence-electron chi connectivity index (χ4n) is 7.77. The van der Waals surface area contributed by atoms with E-state index in [9.17, 15) is 60.3 Å². The monoisotopic (exact) mass is 882 g/mol. The number of rotatable bonds is 18. The summed E-state index contributed by atoms with van der Waals surface area (Å²) in [6, 6.07) is 7.39. The molecular formula is C45H66N6O12. The van der Waals surface area contributed by atoms with E-state index in [0.717, 1.165) is 16.7 Å². The van der Waals surface area contributed by atoms with Gasteiger partial charge in [-0.25, -0.2) is 0 Å². The molecule has 3 amide bonds. The van der Waals surface area contributed by atoms with Gasteiger partial charge >= 0.3 is 0 Å². The number of amides is 3. The predicted molar refractivity (Wildman–Crippen MR) is 234 cm³/mol. The van der Waals surface area contributed by atoms with Gasteiger partial charge in [0, 0.05) is 36.3 Å². The average Bonchev–Trinajstić information content (AvgIpc) is 3.25. The number of carbonyl (C=O) groups excluding carboxylic acids is 3. The van der Waals surface area contributed by atoms with Crippen LogP contribution in [0.2, 0.25) is 0 Å². The number of nitrogens with one attached hydrogen (secondary N) is 3. The highest BCUT2D eigenvalue weighted by Gasteiger charge is 2.24. The Hall–Kier alpha value is -4.89. The van der Waals surface area contributed by atoms with Crippen molar-refractivity contribution in [3.63, 3.8) is 0 Å². The van der Waals surface area contributed by atoms with Crippen molar-refractivity contribution in [3.8, 4) is 17.2 Å². The van der Waals surface area contributed by atoms with E-state index in [1.165, 1.54) is 0 Å². The minimum Gasteiger partial charge on any atom is -0.507 e. The van der Waals surface area contributed by atoms with Gasteiger partial charge in [-0.15, -0.1) is 0 Å². The lowest BCUT2D eigenvalue weighted by atomic mass is 10.0. The van der Waals surface area contributed by atoms with Gasteiger partial charge in [0.05, 0.1) is 74.5 Å². The lowest BCUT2D eigenvalue weighted by Gasteiger charge is -2.31. The Morgan fingerprint density at radius 1 is 0.444 bits per heavy atom. The molecule has 12 N–H and O–H groups in total. The highest BCUT2D eigenvalue weighted by atomic mass is 16.3. The first-order chi connectivity index (χ1) is 30.1. The van der Waals surface area contributed by atoms with Crippen molar-refractivity contribution < 1.29 is 60.3 Å². The largest absolute Gasteiger partial charge is 0.507 e. The minimum atomic E-state index is -0.896. The molecule has 18 heteroatoms. The number of nitrogens with zero attached hydrogens (tertiary/aromatic N) is 3. The molecule has 4 rings (SSSR count). The summed E-state index contributed by atoms with van der Waals surface area (Å²) in [4.78, 5) is 45.9. The summed E-state index contributed by atoms with van der Waals surface area (Å²) in [6.07, 6.45) is 2.05. The fraction of sp³-hybridized carbons (Fsp3) is 0.533. The Balaban J connectivity index is 1.65. The number of phenolic OH excluding ortho intramolecular Hbond substituents is 3. The molecule has 0 saturated carbocycles. The zero-order chi connectivity index (χ0) is 46.2. The second-order valence-electron chi connectivity index (χ2n) is 16.5. The third-order valence-electron chi connectivity index (χ3n) is 11.1. The van der Waals surface area contributed by atoms with Crippen molar-refractivity contribution in [3.05, 3.63) is 86.5 Å². The summed E-state index contributed by atoms with van der Waals surface area (Å²) in [6.45, 7) is 6.92. The van der Waals surface area contributed by atoms with Crippen LogP contribution < -0.4 is 16.0 Å². The van der Waals surface area contributed by atoms with Gasteiger partial charge in [0.15, 0.2) is 0 Å². The zero-order valence-corrected chi connectivity index (χ0v) is 36.5. The van der Waals surface area contributed by atoms with E-state index in [2.05, 4.69) is 30.7 Å². The van der Waals surface area contributed by atoms with Crippen LogP contribution >= 0.6 is 0 Å². The quantitative estimate of drug-likeness (QED) is 0.0800. The number of benzene rings is 3. The van der Waals surface area contributed by atoms with Gasteiger partial charge in [0.1, 0.15) is 17.2 Å². The van der Waals surface area contributed by atoms with Crippen LogP contribution in [-0.2, 0) is 19.6 Å². The summed E-state index contributed by atoms with van der Waals surface area (Å²) >= 11 is 0. The minimum absolute atomic E-state index is 0.0205. The van der Waals surface area contributed by atoms with Crippen LogP contribution in [0.25, 0.3) is 0 Å². The molecule has 18 nitrogen and oxygen atoms in total. The molecule has 0 radical (unpaired) electrons. The number of hydrogen-bond acceptors (Lipinski definition) is 15. The van der Waals surface area contributed by atoms with Crippen molar-refractivity contribution in [2.45, 2.75) is 77.8 Å². The molecular weight excluding hydrogens is 817 g/mol. The lowest BCUT2D eigenvalue weighted by molar-refractivity contribution is 0.0870. The third kappa shape index (κ3) is 14.6. The number of phenols is 3. The standard InChI is InChI=1S/C45H66N6O12/c1-28-13-31(40(58)37(16-28)43(61)46-34(22-52)23-53)19-49-7-4-9-50(20-32-14-29(2)17-38(41(32)59)44(62)47-35(24-54)25-55)11-6-12-51(10-5-8-49)21-33-15-30(3)18-39(42(33)60)45(63)48-36(26-56)27-57/h13-18,34-36,52-60H,4-12,19-27H2,1-3H3,(H,46,61)(H,47,62)(H,48,63). The number of aryl methyl sites for hydroxylation is 3. The number of hydrogen-bond donors (Lipinski definition) is 12. The molecule has 3 aromatic carbocycles. The molecule has 63 heavy (non-hydrogen) atoms. The van der Waals surface area contributed by atoms with Gasteiger partial charge in [-0.1, -0.05) is 18.2 Å². The highest BCUT2D eigenvalue weighted by molar-refractivity contribution is 5.99. The maximum Gasteiger partial charge on any atom is 0.255 e. The van der Waals surface area contributed by atoms with Crippen molar-refractivity contribution in [1.29, 1.82) is 0 Å². The van der Waals surface area contributed by atoms with E-state index in [0.29, 0.717) is 75.2 Å². The summed E-state index contributed by atoms with van der Waals surface area (Å²) in [5.41, 5.74) is 3.81. The van der Waals surface area contributed by atoms with E-state index in [1.807, 2.05) is 39.0 Å². The smallest absolute Gasteiger partial charge is 0.255 e. The molecule has 0 atom stereocenters. The normalized spacial score (nSPS) is 15.0. The number of aliphatic hydroxyl groups is 6. The van der Waals surface area contributed by atoms with Crippen molar-refractivity contribution in [2.24, 2.45) is 0 Å².